The molecule has 1 saturated heterocycles. The van der Waals surface area contributed by atoms with Gasteiger partial charge in [-0.15, -0.1) is 0 Å². The number of imidazole rings is 1. The van der Waals surface area contributed by atoms with Crippen LogP contribution in [0.2, 0.25) is 10.0 Å². The van der Waals surface area contributed by atoms with E-state index in [1.54, 1.807) is 24.4 Å². The largest absolute Gasteiger partial charge is 0.332 e. The van der Waals surface area contributed by atoms with Gasteiger partial charge in [0.15, 0.2) is 0 Å². The minimum Gasteiger partial charge on any atom is -0.332 e. The van der Waals surface area contributed by atoms with Crippen LogP contribution in [0.15, 0.2) is 47.4 Å². The molecule has 1 aliphatic rings. The fourth-order valence-electron chi connectivity index (χ4n) is 4.84. The van der Waals surface area contributed by atoms with Gasteiger partial charge in [0.1, 0.15) is 0 Å². The van der Waals surface area contributed by atoms with E-state index in [1.165, 1.54) is 0 Å². The van der Waals surface area contributed by atoms with Crippen LogP contribution in [-0.2, 0) is 18.3 Å². The van der Waals surface area contributed by atoms with Gasteiger partial charge in [0.2, 0.25) is 11.9 Å². The fraction of sp³-hybridized carbons (Fsp3) is 0.296. The number of carbonyl (C=O) groups excluding carboxylic acids is 1. The normalized spacial score (nSPS) is 16.1. The van der Waals surface area contributed by atoms with Crippen LogP contribution in [0.1, 0.15) is 30.5 Å². The lowest BCUT2D eigenvalue weighted by Crippen LogP contribution is -2.45. The van der Waals surface area contributed by atoms with Crippen LogP contribution < -0.4 is 21.5 Å². The number of nitrogens with zero attached hydrogens (tertiary/aromatic N) is 2. The maximum Gasteiger partial charge on any atom is 0.258 e. The van der Waals surface area contributed by atoms with Crippen LogP contribution in [0.4, 0.5) is 11.6 Å². The average Bonchev–Trinajstić information content (AvgIpc) is 3.22. The molecule has 0 aliphatic carbocycles. The van der Waals surface area contributed by atoms with Crippen LogP contribution in [0.5, 0.6) is 0 Å². The van der Waals surface area contributed by atoms with E-state index in [-0.39, 0.29) is 17.5 Å². The first-order valence-electron chi connectivity index (χ1n) is 12.3. The van der Waals surface area contributed by atoms with Crippen molar-refractivity contribution < 1.29 is 4.79 Å². The Bertz CT molecular complexity index is 1560. The van der Waals surface area contributed by atoms with E-state index in [9.17, 15) is 9.59 Å². The number of benzene rings is 2. The third-order valence-corrected chi connectivity index (χ3v) is 7.51. The van der Waals surface area contributed by atoms with Crippen molar-refractivity contribution in [3.63, 3.8) is 0 Å². The highest BCUT2D eigenvalue weighted by Gasteiger charge is 2.20. The zero-order valence-electron chi connectivity index (χ0n) is 20.6. The molecule has 4 N–H and O–H groups in total. The molecule has 2 aromatic carbocycles. The van der Waals surface area contributed by atoms with Crippen molar-refractivity contribution in [3.8, 4) is 0 Å². The summed E-state index contributed by atoms with van der Waals surface area (Å²) in [5.41, 5.74) is 3.50. The van der Waals surface area contributed by atoms with Gasteiger partial charge in [-0.2, -0.15) is 0 Å². The molecule has 1 atom stereocenters. The van der Waals surface area contributed by atoms with Crippen molar-refractivity contribution in [1.29, 1.82) is 0 Å². The highest BCUT2D eigenvalue weighted by Crippen LogP contribution is 2.34. The Morgan fingerprint density at radius 3 is 2.73 bits per heavy atom. The number of anilines is 2. The molecule has 10 heteroatoms. The molecule has 4 aromatic rings. The smallest absolute Gasteiger partial charge is 0.258 e. The zero-order chi connectivity index (χ0) is 26.1. The van der Waals surface area contributed by atoms with Crippen molar-refractivity contribution in [2.45, 2.75) is 38.6 Å². The molecule has 37 heavy (non-hydrogen) atoms. The van der Waals surface area contributed by atoms with Crippen molar-refractivity contribution >= 4 is 62.6 Å². The van der Waals surface area contributed by atoms with Crippen molar-refractivity contribution in [3.05, 3.63) is 74.3 Å². The van der Waals surface area contributed by atoms with Gasteiger partial charge >= 0.3 is 0 Å². The summed E-state index contributed by atoms with van der Waals surface area (Å²) in [5.74, 6) is 0.491. The number of allylic oxidation sites excluding steroid dienone is 1. The number of fused-ring (bicyclic) bond motifs is 3. The predicted molar refractivity (Wildman–Crippen MR) is 150 cm³/mol. The SMILES string of the molecule is Cc1c(CC=CNC(=O)C2CCCCN2)[nH]c(=O)c2c1ccc1nc(Nc3c(Cl)cccc3Cl)n(C)c12. The average molecular weight is 539 g/mol. The van der Waals surface area contributed by atoms with Gasteiger partial charge in [-0.25, -0.2) is 4.98 Å². The highest BCUT2D eigenvalue weighted by molar-refractivity contribution is 6.39. The summed E-state index contributed by atoms with van der Waals surface area (Å²) in [7, 11) is 1.84. The molecule has 0 radical (unpaired) electrons. The first-order valence-corrected chi connectivity index (χ1v) is 13.0. The number of piperidine rings is 1. The van der Waals surface area contributed by atoms with Crippen LogP contribution in [-0.4, -0.2) is 33.0 Å². The number of para-hydroxylation sites is 1. The Hall–Kier alpha value is -3.33. The number of amides is 1. The Morgan fingerprint density at radius 2 is 2.00 bits per heavy atom. The first-order chi connectivity index (χ1) is 17.8. The van der Waals surface area contributed by atoms with Crippen LogP contribution >= 0.6 is 23.2 Å². The van der Waals surface area contributed by atoms with Crippen LogP contribution in [0.3, 0.4) is 0 Å². The summed E-state index contributed by atoms with van der Waals surface area (Å²) in [4.78, 5) is 33.3. The quantitative estimate of drug-likeness (QED) is 0.274. The number of aromatic nitrogens is 3. The number of H-pyrrole nitrogens is 1. The number of aromatic amines is 1. The topological polar surface area (TPSA) is 104 Å². The van der Waals surface area contributed by atoms with Gasteiger partial charge < -0.3 is 25.5 Å². The Labute approximate surface area is 224 Å². The minimum atomic E-state index is -0.199. The van der Waals surface area contributed by atoms with Gasteiger partial charge in [-0.1, -0.05) is 47.8 Å². The molecule has 1 aliphatic heterocycles. The molecule has 192 valence electrons. The zero-order valence-corrected chi connectivity index (χ0v) is 22.1. The summed E-state index contributed by atoms with van der Waals surface area (Å²) in [5, 5.41) is 11.6. The van der Waals surface area contributed by atoms with E-state index in [2.05, 4.69) is 25.9 Å². The van der Waals surface area contributed by atoms with Crippen LogP contribution in [0, 0.1) is 6.92 Å². The summed E-state index contributed by atoms with van der Waals surface area (Å²) >= 11 is 12.7. The molecule has 1 amide bonds. The second-order valence-electron chi connectivity index (χ2n) is 9.25. The van der Waals surface area contributed by atoms with E-state index in [0.29, 0.717) is 44.5 Å². The molecule has 1 fully saturated rings. The molecule has 0 saturated carbocycles. The fourth-order valence-corrected chi connectivity index (χ4v) is 5.33. The Balaban J connectivity index is 1.43. The number of carbonyl (C=O) groups is 1. The molecule has 3 heterocycles. The number of hydrogen-bond donors (Lipinski definition) is 4. The molecule has 2 aromatic heterocycles. The minimum absolute atomic E-state index is 0.0271. The van der Waals surface area contributed by atoms with Gasteiger partial charge in [-0.3, -0.25) is 9.59 Å². The summed E-state index contributed by atoms with van der Waals surface area (Å²) in [6.45, 7) is 2.85. The van der Waals surface area contributed by atoms with Crippen molar-refractivity contribution in [2.75, 3.05) is 11.9 Å². The first kappa shape index (κ1) is 25.3. The third-order valence-electron chi connectivity index (χ3n) is 6.88. The third kappa shape index (κ3) is 4.97. The number of hydrogen-bond acceptors (Lipinski definition) is 5. The molecule has 1 unspecified atom stereocenters. The molecule has 8 nitrogen and oxygen atoms in total. The van der Waals surface area contributed by atoms with E-state index >= 15 is 0 Å². The van der Waals surface area contributed by atoms with Gasteiger partial charge in [0, 0.05) is 25.4 Å². The second-order valence-corrected chi connectivity index (χ2v) is 10.1. The summed E-state index contributed by atoms with van der Waals surface area (Å²) in [6, 6.07) is 8.95. The number of aryl methyl sites for hydroxylation is 2. The number of rotatable bonds is 6. The van der Waals surface area contributed by atoms with E-state index in [0.717, 1.165) is 42.5 Å². The van der Waals surface area contributed by atoms with Crippen LogP contribution in [0.25, 0.3) is 21.8 Å². The van der Waals surface area contributed by atoms with Gasteiger partial charge in [0.05, 0.1) is 38.2 Å². The van der Waals surface area contributed by atoms with Gasteiger partial charge in [-0.05, 0) is 55.5 Å². The van der Waals surface area contributed by atoms with Crippen molar-refractivity contribution in [1.82, 2.24) is 25.2 Å². The second kappa shape index (κ2) is 10.6. The Kier molecular flexibility index (Phi) is 7.24. The monoisotopic (exact) mass is 538 g/mol. The maximum atomic E-state index is 13.3. The highest BCUT2D eigenvalue weighted by atomic mass is 35.5. The summed E-state index contributed by atoms with van der Waals surface area (Å²) < 4.78 is 1.83. The van der Waals surface area contributed by atoms with E-state index in [4.69, 9.17) is 23.2 Å². The summed E-state index contributed by atoms with van der Waals surface area (Å²) in [6.07, 6.45) is 7.00. The standard InChI is InChI=1S/C27H28Cl2N6O2/c1-15-16-11-12-20-24(35(2)27(33-20)34-23-17(28)7-5-8-18(23)29)22(16)26(37)32-19(15)10-6-14-31-25(36)21-9-3-4-13-30-21/h5-8,11-12,14,21,30H,3-4,9-10,13H2,1-2H3,(H,31,36)(H,32,37)(H,33,34). The van der Waals surface area contributed by atoms with Gasteiger partial charge in [0.25, 0.3) is 5.56 Å². The lowest BCUT2D eigenvalue weighted by molar-refractivity contribution is -0.122. The predicted octanol–water partition coefficient (Wildman–Crippen LogP) is 5.09. The van der Waals surface area contributed by atoms with E-state index in [1.807, 2.05) is 36.7 Å². The number of halogens is 2. The molecule has 0 spiro atoms. The lowest BCUT2D eigenvalue weighted by atomic mass is 10.0. The lowest BCUT2D eigenvalue weighted by Gasteiger charge is -2.21. The van der Waals surface area contributed by atoms with Crippen molar-refractivity contribution in [2.24, 2.45) is 7.05 Å². The molecule has 0 bridgehead atoms. The molecular formula is C27H28Cl2N6O2. The molecular weight excluding hydrogens is 511 g/mol. The molecule has 5 rings (SSSR count). The number of nitrogens with one attached hydrogen (secondary N) is 4. The van der Waals surface area contributed by atoms with E-state index < -0.39 is 0 Å². The number of pyridine rings is 1. The Morgan fingerprint density at radius 1 is 1.22 bits per heavy atom. The maximum absolute atomic E-state index is 13.3.